The number of nitrogens with zero attached hydrogens (tertiary/aromatic N) is 4. The van der Waals surface area contributed by atoms with Crippen LogP contribution >= 0.6 is 0 Å². The van der Waals surface area contributed by atoms with Gasteiger partial charge in [-0.3, -0.25) is 4.90 Å². The summed E-state index contributed by atoms with van der Waals surface area (Å²) in [5, 5.41) is 11.9. The number of hydrogen-bond donors (Lipinski definition) is 1. The first-order chi connectivity index (χ1) is 10.3. The van der Waals surface area contributed by atoms with Crippen molar-refractivity contribution in [1.82, 2.24) is 24.8 Å². The molecule has 1 aliphatic heterocycles. The number of aryl methyl sites for hydroxylation is 1. The second-order valence-corrected chi connectivity index (χ2v) is 5.32. The molecule has 0 saturated carbocycles. The van der Waals surface area contributed by atoms with Crippen molar-refractivity contribution in [2.24, 2.45) is 0 Å². The molecular formula is C15H23N5O. The van der Waals surface area contributed by atoms with Crippen LogP contribution in [0.15, 0.2) is 12.1 Å². The van der Waals surface area contributed by atoms with Crippen LogP contribution in [0.3, 0.4) is 0 Å². The summed E-state index contributed by atoms with van der Waals surface area (Å²) in [7, 11) is 0. The third-order valence-electron chi connectivity index (χ3n) is 3.82. The predicted molar refractivity (Wildman–Crippen MR) is 81.7 cm³/mol. The van der Waals surface area contributed by atoms with Crippen LogP contribution in [-0.2, 0) is 13.0 Å². The standard InChI is InChI=1S/C15H23N5O/c1-3-13-17-18-14-9-12(10-15(20(13)14)21-4-2)11-19-7-5-16-6-8-19/h9-10,16H,3-8,11H2,1-2H3. The third-order valence-corrected chi connectivity index (χ3v) is 3.82. The van der Waals surface area contributed by atoms with Crippen molar-refractivity contribution < 1.29 is 4.74 Å². The summed E-state index contributed by atoms with van der Waals surface area (Å²) >= 11 is 0. The van der Waals surface area contributed by atoms with E-state index in [4.69, 9.17) is 4.74 Å². The van der Waals surface area contributed by atoms with Crippen LogP contribution in [0.5, 0.6) is 5.88 Å². The lowest BCUT2D eigenvalue weighted by atomic mass is 10.2. The normalized spacial score (nSPS) is 16.5. The Hall–Kier alpha value is -1.66. The Morgan fingerprint density at radius 3 is 2.71 bits per heavy atom. The van der Waals surface area contributed by atoms with E-state index < -0.39 is 0 Å². The van der Waals surface area contributed by atoms with Gasteiger partial charge in [-0.15, -0.1) is 10.2 Å². The summed E-state index contributed by atoms with van der Waals surface area (Å²) < 4.78 is 7.82. The smallest absolute Gasteiger partial charge is 0.201 e. The Morgan fingerprint density at radius 2 is 2.00 bits per heavy atom. The Balaban J connectivity index is 1.92. The summed E-state index contributed by atoms with van der Waals surface area (Å²) in [5.74, 6) is 1.80. The Bertz CT molecular complexity index is 603. The van der Waals surface area contributed by atoms with Crippen molar-refractivity contribution in [1.29, 1.82) is 0 Å². The molecule has 0 unspecified atom stereocenters. The Labute approximate surface area is 125 Å². The molecule has 3 rings (SSSR count). The highest BCUT2D eigenvalue weighted by Gasteiger charge is 2.14. The number of fused-ring (bicyclic) bond motifs is 1. The second-order valence-electron chi connectivity index (χ2n) is 5.32. The minimum Gasteiger partial charge on any atom is -0.479 e. The van der Waals surface area contributed by atoms with Gasteiger partial charge in [0.05, 0.1) is 6.61 Å². The predicted octanol–water partition coefficient (Wildman–Crippen LogP) is 1.10. The van der Waals surface area contributed by atoms with Crippen LogP contribution in [0.1, 0.15) is 25.2 Å². The van der Waals surface area contributed by atoms with Crippen molar-refractivity contribution in [2.75, 3.05) is 32.8 Å². The highest BCUT2D eigenvalue weighted by molar-refractivity contribution is 5.46. The molecule has 0 bridgehead atoms. The molecule has 2 aromatic heterocycles. The third kappa shape index (κ3) is 3.01. The van der Waals surface area contributed by atoms with E-state index in [0.717, 1.165) is 56.5 Å². The van der Waals surface area contributed by atoms with Gasteiger partial charge < -0.3 is 10.1 Å². The number of ether oxygens (including phenoxy) is 1. The number of pyridine rings is 1. The van der Waals surface area contributed by atoms with E-state index in [0.29, 0.717) is 6.61 Å². The van der Waals surface area contributed by atoms with E-state index in [1.54, 1.807) is 0 Å². The van der Waals surface area contributed by atoms with Gasteiger partial charge in [-0.1, -0.05) is 6.92 Å². The van der Waals surface area contributed by atoms with Gasteiger partial charge >= 0.3 is 0 Å². The van der Waals surface area contributed by atoms with Crippen molar-refractivity contribution in [3.63, 3.8) is 0 Å². The maximum atomic E-state index is 5.80. The second kappa shape index (κ2) is 6.41. The molecule has 0 spiro atoms. The molecular weight excluding hydrogens is 266 g/mol. The van der Waals surface area contributed by atoms with Crippen LogP contribution in [0, 0.1) is 0 Å². The van der Waals surface area contributed by atoms with Crippen molar-refractivity contribution >= 4 is 5.65 Å². The zero-order valence-electron chi connectivity index (χ0n) is 12.8. The topological polar surface area (TPSA) is 54.7 Å². The van der Waals surface area contributed by atoms with E-state index in [-0.39, 0.29) is 0 Å². The fourth-order valence-corrected chi connectivity index (χ4v) is 2.80. The maximum Gasteiger partial charge on any atom is 0.201 e. The van der Waals surface area contributed by atoms with Gasteiger partial charge in [-0.05, 0) is 18.6 Å². The molecule has 1 saturated heterocycles. The number of hydrogen-bond acceptors (Lipinski definition) is 5. The monoisotopic (exact) mass is 289 g/mol. The van der Waals surface area contributed by atoms with Gasteiger partial charge in [-0.2, -0.15) is 0 Å². The molecule has 0 atom stereocenters. The van der Waals surface area contributed by atoms with Crippen LogP contribution in [0.4, 0.5) is 0 Å². The molecule has 114 valence electrons. The molecule has 6 nitrogen and oxygen atoms in total. The largest absolute Gasteiger partial charge is 0.479 e. The van der Waals surface area contributed by atoms with Crippen LogP contribution in [0.25, 0.3) is 5.65 Å². The SMILES string of the molecule is CCOc1cc(CN2CCNCC2)cc2nnc(CC)n12. The summed E-state index contributed by atoms with van der Waals surface area (Å²) in [6, 6.07) is 4.25. The highest BCUT2D eigenvalue weighted by atomic mass is 16.5. The summed E-state index contributed by atoms with van der Waals surface area (Å²) in [6.45, 7) is 9.97. The van der Waals surface area contributed by atoms with E-state index >= 15 is 0 Å². The zero-order chi connectivity index (χ0) is 14.7. The first-order valence-corrected chi connectivity index (χ1v) is 7.74. The summed E-state index contributed by atoms with van der Waals surface area (Å²) in [6.07, 6.45) is 0.846. The van der Waals surface area contributed by atoms with Crippen molar-refractivity contribution in [3.8, 4) is 5.88 Å². The first-order valence-electron chi connectivity index (χ1n) is 7.74. The molecule has 2 aromatic rings. The number of rotatable bonds is 5. The van der Waals surface area contributed by atoms with Gasteiger partial charge in [0, 0.05) is 45.2 Å². The molecule has 0 amide bonds. The van der Waals surface area contributed by atoms with Crippen LogP contribution < -0.4 is 10.1 Å². The first kappa shape index (κ1) is 14.3. The average Bonchev–Trinajstić information content (AvgIpc) is 2.92. The minimum atomic E-state index is 0.646. The fourth-order valence-electron chi connectivity index (χ4n) is 2.80. The lowest BCUT2D eigenvalue weighted by Gasteiger charge is -2.27. The quantitative estimate of drug-likeness (QED) is 0.893. The molecule has 21 heavy (non-hydrogen) atoms. The molecule has 1 N–H and O–H groups in total. The van der Waals surface area contributed by atoms with Gasteiger partial charge in [0.15, 0.2) is 5.65 Å². The lowest BCUT2D eigenvalue weighted by molar-refractivity contribution is 0.232. The number of nitrogens with one attached hydrogen (secondary N) is 1. The van der Waals surface area contributed by atoms with E-state index in [2.05, 4.69) is 39.5 Å². The van der Waals surface area contributed by atoms with E-state index in [1.807, 2.05) is 11.3 Å². The average molecular weight is 289 g/mol. The fraction of sp³-hybridized carbons (Fsp3) is 0.600. The van der Waals surface area contributed by atoms with Crippen LogP contribution in [0.2, 0.25) is 0 Å². The number of piperazine rings is 1. The Morgan fingerprint density at radius 1 is 1.19 bits per heavy atom. The minimum absolute atomic E-state index is 0.646. The molecule has 6 heteroatoms. The summed E-state index contributed by atoms with van der Waals surface area (Å²) in [4.78, 5) is 2.45. The van der Waals surface area contributed by atoms with E-state index in [9.17, 15) is 0 Å². The molecule has 0 aliphatic carbocycles. The molecule has 3 heterocycles. The molecule has 0 aromatic carbocycles. The summed E-state index contributed by atoms with van der Waals surface area (Å²) in [5.41, 5.74) is 2.12. The van der Waals surface area contributed by atoms with E-state index in [1.165, 1.54) is 5.56 Å². The van der Waals surface area contributed by atoms with Gasteiger partial charge in [0.2, 0.25) is 5.88 Å². The Kier molecular flexibility index (Phi) is 4.36. The van der Waals surface area contributed by atoms with Crippen molar-refractivity contribution in [2.45, 2.75) is 26.8 Å². The van der Waals surface area contributed by atoms with Gasteiger partial charge in [0.25, 0.3) is 0 Å². The number of aromatic nitrogens is 3. The van der Waals surface area contributed by atoms with Crippen LogP contribution in [-0.4, -0.2) is 52.3 Å². The lowest BCUT2D eigenvalue weighted by Crippen LogP contribution is -2.42. The van der Waals surface area contributed by atoms with Gasteiger partial charge in [0.1, 0.15) is 5.82 Å². The van der Waals surface area contributed by atoms with Crippen molar-refractivity contribution in [3.05, 3.63) is 23.5 Å². The zero-order valence-corrected chi connectivity index (χ0v) is 12.8. The highest BCUT2D eigenvalue weighted by Crippen LogP contribution is 2.20. The maximum absolute atomic E-state index is 5.80. The van der Waals surface area contributed by atoms with Gasteiger partial charge in [-0.25, -0.2) is 4.40 Å². The molecule has 1 aliphatic rings. The molecule has 0 radical (unpaired) electrons. The molecule has 1 fully saturated rings.